The van der Waals surface area contributed by atoms with E-state index in [4.69, 9.17) is 0 Å². The Bertz CT molecular complexity index is 400. The molecule has 1 N–H and O–H groups in total. The summed E-state index contributed by atoms with van der Waals surface area (Å²) in [5.41, 5.74) is 1.52. The molecule has 0 aromatic heterocycles. The van der Waals surface area contributed by atoms with E-state index < -0.39 is 6.18 Å². The van der Waals surface area contributed by atoms with E-state index >= 15 is 0 Å². The van der Waals surface area contributed by atoms with Crippen LogP contribution in [0, 0.1) is 0 Å². The fourth-order valence-corrected chi connectivity index (χ4v) is 2.13. The van der Waals surface area contributed by atoms with E-state index in [9.17, 15) is 13.2 Å². The molecule has 1 aliphatic rings. The molecule has 1 aliphatic heterocycles. The van der Waals surface area contributed by atoms with Crippen LogP contribution in [0.2, 0.25) is 0 Å². The first-order valence-electron chi connectivity index (χ1n) is 5.60. The van der Waals surface area contributed by atoms with E-state index in [0.29, 0.717) is 31.0 Å². The fraction of sp³-hybridized carbons (Fsp3) is 0.385. The molecule has 0 amide bonds. The Balaban J connectivity index is 0.00000162. The zero-order chi connectivity index (χ0) is 12.3. The molecule has 0 aliphatic carbocycles. The summed E-state index contributed by atoms with van der Waals surface area (Å²) in [6.45, 7) is 0.599. The second-order valence-electron chi connectivity index (χ2n) is 4.22. The minimum absolute atomic E-state index is 0. The molecule has 1 saturated heterocycles. The van der Waals surface area contributed by atoms with Crippen LogP contribution >= 0.6 is 12.4 Å². The molecule has 1 unspecified atom stereocenters. The maximum atomic E-state index is 12.3. The van der Waals surface area contributed by atoms with Crippen molar-refractivity contribution < 1.29 is 13.2 Å². The van der Waals surface area contributed by atoms with Crippen LogP contribution in [0.1, 0.15) is 24.4 Å². The van der Waals surface area contributed by atoms with Crippen LogP contribution in [0.3, 0.4) is 0 Å². The highest BCUT2D eigenvalue weighted by Crippen LogP contribution is 2.29. The fourth-order valence-electron chi connectivity index (χ4n) is 2.13. The molecule has 0 radical (unpaired) electrons. The van der Waals surface area contributed by atoms with Crippen LogP contribution in [0.15, 0.2) is 42.0 Å². The van der Waals surface area contributed by atoms with Gasteiger partial charge in [0.05, 0.1) is 0 Å². The lowest BCUT2D eigenvalue weighted by Crippen LogP contribution is -2.28. The molecular weight excluding hydrogens is 263 g/mol. The van der Waals surface area contributed by atoms with Crippen molar-refractivity contribution >= 4 is 12.4 Å². The van der Waals surface area contributed by atoms with Crippen LogP contribution < -0.4 is 5.32 Å². The van der Waals surface area contributed by atoms with Crippen LogP contribution in [0.25, 0.3) is 0 Å². The summed E-state index contributed by atoms with van der Waals surface area (Å²) in [6.07, 6.45) is -2.84. The molecule has 100 valence electrons. The highest BCUT2D eigenvalue weighted by atomic mass is 35.5. The van der Waals surface area contributed by atoms with Crippen LogP contribution in [-0.4, -0.2) is 12.7 Å². The molecule has 1 heterocycles. The van der Waals surface area contributed by atoms with Gasteiger partial charge in [0, 0.05) is 12.1 Å². The SMILES string of the molecule is Cl.FC(F)(F)C=C1CCNC(c2ccccc2)C1. The third-order valence-electron chi connectivity index (χ3n) is 2.87. The molecule has 1 nitrogen and oxygen atoms in total. The Morgan fingerprint density at radius 1 is 1.17 bits per heavy atom. The monoisotopic (exact) mass is 277 g/mol. The van der Waals surface area contributed by atoms with Crippen molar-refractivity contribution in [3.63, 3.8) is 0 Å². The predicted octanol–water partition coefficient (Wildman–Crippen LogP) is 4.02. The van der Waals surface area contributed by atoms with Gasteiger partial charge in [0.2, 0.25) is 0 Å². The average molecular weight is 278 g/mol. The van der Waals surface area contributed by atoms with Crippen molar-refractivity contribution in [1.82, 2.24) is 5.32 Å². The van der Waals surface area contributed by atoms with Crippen molar-refractivity contribution in [1.29, 1.82) is 0 Å². The molecule has 5 heteroatoms. The van der Waals surface area contributed by atoms with E-state index in [1.54, 1.807) is 0 Å². The summed E-state index contributed by atoms with van der Waals surface area (Å²) in [5, 5.41) is 3.24. The first-order chi connectivity index (χ1) is 8.04. The zero-order valence-corrected chi connectivity index (χ0v) is 10.5. The Morgan fingerprint density at radius 3 is 2.44 bits per heavy atom. The minimum Gasteiger partial charge on any atom is -0.309 e. The molecule has 1 aromatic rings. The number of hydrogen-bond acceptors (Lipinski definition) is 1. The van der Waals surface area contributed by atoms with Gasteiger partial charge < -0.3 is 5.32 Å². The van der Waals surface area contributed by atoms with Gasteiger partial charge in [-0.3, -0.25) is 0 Å². The third kappa shape index (κ3) is 4.35. The normalized spacial score (nSPS) is 22.6. The van der Waals surface area contributed by atoms with E-state index in [1.165, 1.54) is 0 Å². The maximum absolute atomic E-state index is 12.3. The van der Waals surface area contributed by atoms with E-state index in [-0.39, 0.29) is 18.4 Å². The Kier molecular flexibility index (Phi) is 5.23. The summed E-state index contributed by atoms with van der Waals surface area (Å²) in [5.74, 6) is 0. The standard InChI is InChI=1S/C13H14F3N.ClH/c14-13(15,16)9-10-6-7-17-12(8-10)11-4-2-1-3-5-11;/h1-5,9,12,17H,6-8H2;1H. The molecule has 1 fully saturated rings. The number of nitrogens with one attached hydrogen (secondary N) is 1. The number of hydrogen-bond donors (Lipinski definition) is 1. The molecule has 0 saturated carbocycles. The second kappa shape index (κ2) is 6.25. The van der Waals surface area contributed by atoms with Gasteiger partial charge in [-0.15, -0.1) is 12.4 Å². The number of allylic oxidation sites excluding steroid dienone is 1. The first-order valence-corrected chi connectivity index (χ1v) is 5.60. The lowest BCUT2D eigenvalue weighted by molar-refractivity contribution is -0.0808. The summed E-state index contributed by atoms with van der Waals surface area (Å²) in [4.78, 5) is 0. The van der Waals surface area contributed by atoms with Crippen LogP contribution in [-0.2, 0) is 0 Å². The van der Waals surface area contributed by atoms with Gasteiger partial charge in [0.25, 0.3) is 0 Å². The van der Waals surface area contributed by atoms with Gasteiger partial charge in [-0.05, 0) is 24.9 Å². The van der Waals surface area contributed by atoms with Crippen molar-refractivity contribution in [3.8, 4) is 0 Å². The van der Waals surface area contributed by atoms with Gasteiger partial charge in [-0.1, -0.05) is 35.9 Å². The van der Waals surface area contributed by atoms with Gasteiger partial charge in [-0.2, -0.15) is 13.2 Å². The largest absolute Gasteiger partial charge is 0.409 e. The predicted molar refractivity (Wildman–Crippen MR) is 67.8 cm³/mol. The average Bonchev–Trinajstić information content (AvgIpc) is 2.28. The Labute approximate surface area is 110 Å². The van der Waals surface area contributed by atoms with Crippen LogP contribution in [0.5, 0.6) is 0 Å². The van der Waals surface area contributed by atoms with Crippen LogP contribution in [0.4, 0.5) is 13.2 Å². The number of rotatable bonds is 1. The molecule has 0 spiro atoms. The van der Waals surface area contributed by atoms with E-state index in [2.05, 4.69) is 5.32 Å². The second-order valence-corrected chi connectivity index (χ2v) is 4.22. The molecule has 1 aromatic carbocycles. The first kappa shape index (κ1) is 15.1. The third-order valence-corrected chi connectivity index (χ3v) is 2.87. The van der Waals surface area contributed by atoms with Gasteiger partial charge in [0.1, 0.15) is 0 Å². The van der Waals surface area contributed by atoms with Crippen molar-refractivity contribution in [3.05, 3.63) is 47.5 Å². The molecule has 2 rings (SSSR count). The van der Waals surface area contributed by atoms with Gasteiger partial charge in [-0.25, -0.2) is 0 Å². The number of benzene rings is 1. The minimum atomic E-state index is -4.20. The lowest BCUT2D eigenvalue weighted by atomic mass is 9.93. The zero-order valence-electron chi connectivity index (χ0n) is 9.70. The number of alkyl halides is 3. The topological polar surface area (TPSA) is 12.0 Å². The van der Waals surface area contributed by atoms with E-state index in [0.717, 1.165) is 5.56 Å². The smallest absolute Gasteiger partial charge is 0.309 e. The summed E-state index contributed by atoms with van der Waals surface area (Å²) < 4.78 is 36.8. The van der Waals surface area contributed by atoms with Gasteiger partial charge >= 0.3 is 6.18 Å². The quantitative estimate of drug-likeness (QED) is 0.765. The van der Waals surface area contributed by atoms with Gasteiger partial charge in [0.15, 0.2) is 0 Å². The summed E-state index contributed by atoms with van der Waals surface area (Å²) >= 11 is 0. The molecule has 1 atom stereocenters. The highest BCUT2D eigenvalue weighted by Gasteiger charge is 2.27. The van der Waals surface area contributed by atoms with Crippen molar-refractivity contribution in [2.24, 2.45) is 0 Å². The van der Waals surface area contributed by atoms with Crippen molar-refractivity contribution in [2.75, 3.05) is 6.54 Å². The van der Waals surface area contributed by atoms with E-state index in [1.807, 2.05) is 30.3 Å². The Morgan fingerprint density at radius 2 is 1.83 bits per heavy atom. The number of halogens is 4. The molecule has 0 bridgehead atoms. The summed E-state index contributed by atoms with van der Waals surface area (Å²) in [7, 11) is 0. The Hall–Kier alpha value is -1.00. The lowest BCUT2D eigenvalue weighted by Gasteiger charge is -2.26. The maximum Gasteiger partial charge on any atom is 0.409 e. The summed E-state index contributed by atoms with van der Waals surface area (Å²) in [6, 6.07) is 9.58. The molecule has 18 heavy (non-hydrogen) atoms. The number of piperidine rings is 1. The molecular formula is C13H15ClF3N. The highest BCUT2D eigenvalue weighted by molar-refractivity contribution is 5.85. The van der Waals surface area contributed by atoms with Crippen molar-refractivity contribution in [2.45, 2.75) is 25.1 Å².